The summed E-state index contributed by atoms with van der Waals surface area (Å²) >= 11 is 4.72. The number of carbonyl (C=O) groups is 2. The molecule has 2 amide bonds. The van der Waals surface area contributed by atoms with Crippen LogP contribution in [0, 0.1) is 0 Å². The van der Waals surface area contributed by atoms with Crippen LogP contribution in [-0.2, 0) is 14.3 Å². The maximum Gasteiger partial charge on any atom is 0.227 e. The third-order valence-corrected chi connectivity index (χ3v) is 4.74. The summed E-state index contributed by atoms with van der Waals surface area (Å²) in [7, 11) is 1.57. The first-order valence-corrected chi connectivity index (χ1v) is 9.24. The fourth-order valence-corrected chi connectivity index (χ4v) is 3.21. The highest BCUT2D eigenvalue weighted by Gasteiger charge is 2.13. The van der Waals surface area contributed by atoms with Crippen molar-refractivity contribution < 1.29 is 14.3 Å². The zero-order valence-corrected chi connectivity index (χ0v) is 16.4. The van der Waals surface area contributed by atoms with Crippen molar-refractivity contribution in [2.75, 3.05) is 32.1 Å². The van der Waals surface area contributed by atoms with Gasteiger partial charge < -0.3 is 15.0 Å². The summed E-state index contributed by atoms with van der Waals surface area (Å²) in [5.74, 6) is -0.293. The maximum atomic E-state index is 12.1. The molecule has 0 saturated heterocycles. The Morgan fingerprint density at radius 2 is 2.12 bits per heavy atom. The molecule has 25 heavy (non-hydrogen) atoms. The van der Waals surface area contributed by atoms with Crippen LogP contribution < -0.4 is 5.32 Å². The van der Waals surface area contributed by atoms with Crippen LogP contribution >= 0.6 is 27.3 Å². The molecule has 7 nitrogen and oxygen atoms in total. The summed E-state index contributed by atoms with van der Waals surface area (Å²) in [6.07, 6.45) is 0.190. The Balaban J connectivity index is 1.89. The second-order valence-corrected chi connectivity index (χ2v) is 7.11. The number of carbonyl (C=O) groups excluding carboxylic acids is 2. The molecule has 9 heteroatoms. The molecule has 0 spiro atoms. The Kier molecular flexibility index (Phi) is 7.48. The molecule has 0 radical (unpaired) electrons. The number of halogens is 1. The van der Waals surface area contributed by atoms with Crippen molar-refractivity contribution >= 4 is 44.2 Å². The summed E-state index contributed by atoms with van der Waals surface area (Å²) < 4.78 is 5.91. The molecule has 2 rings (SSSR count). The molecule has 0 aliphatic carbocycles. The summed E-state index contributed by atoms with van der Waals surface area (Å²) in [5.41, 5.74) is 0.926. The van der Waals surface area contributed by atoms with Crippen molar-refractivity contribution in [3.63, 3.8) is 0 Å². The second-order valence-electron chi connectivity index (χ2n) is 5.22. The van der Waals surface area contributed by atoms with Gasteiger partial charge in [-0.15, -0.1) is 10.2 Å². The van der Waals surface area contributed by atoms with Crippen LogP contribution in [0.5, 0.6) is 0 Å². The van der Waals surface area contributed by atoms with E-state index in [4.69, 9.17) is 4.74 Å². The fraction of sp³-hybridized carbons (Fsp3) is 0.375. The first kappa shape index (κ1) is 19.5. The summed E-state index contributed by atoms with van der Waals surface area (Å²) in [6.45, 7) is 2.71. The number of rotatable bonds is 8. The van der Waals surface area contributed by atoms with Crippen molar-refractivity contribution in [3.05, 3.63) is 28.7 Å². The van der Waals surface area contributed by atoms with Crippen LogP contribution in [0.2, 0.25) is 0 Å². The van der Waals surface area contributed by atoms with Gasteiger partial charge in [-0.05, 0) is 12.1 Å². The number of hydrogen-bond acceptors (Lipinski definition) is 6. The van der Waals surface area contributed by atoms with E-state index in [-0.39, 0.29) is 18.2 Å². The van der Waals surface area contributed by atoms with Gasteiger partial charge in [-0.2, -0.15) is 0 Å². The molecule has 0 saturated carbocycles. The summed E-state index contributed by atoms with van der Waals surface area (Å²) in [5, 5.41) is 12.0. The molecule has 2 aromatic rings. The van der Waals surface area contributed by atoms with Crippen molar-refractivity contribution in [1.29, 1.82) is 0 Å². The van der Waals surface area contributed by atoms with Crippen LogP contribution in [0.1, 0.15) is 13.3 Å². The van der Waals surface area contributed by atoms with E-state index in [1.807, 2.05) is 24.3 Å². The van der Waals surface area contributed by atoms with Gasteiger partial charge in [0, 0.05) is 43.6 Å². The standard InChI is InChI=1S/C16H19BrN4O3S/c1-11(22)21(8-9-24-2)7-6-14(23)18-16-20-19-15(25-16)12-4-3-5-13(17)10-12/h3-5,10H,6-9H2,1-2H3,(H,18,20,23). The van der Waals surface area contributed by atoms with E-state index < -0.39 is 0 Å². The highest BCUT2D eigenvalue weighted by Crippen LogP contribution is 2.28. The molecule has 0 aliphatic rings. The smallest absolute Gasteiger partial charge is 0.227 e. The van der Waals surface area contributed by atoms with Crippen molar-refractivity contribution in [3.8, 4) is 10.6 Å². The third kappa shape index (κ3) is 6.18. The number of nitrogens with one attached hydrogen (secondary N) is 1. The van der Waals surface area contributed by atoms with Crippen LogP contribution in [0.25, 0.3) is 10.6 Å². The molecule has 134 valence electrons. The molecule has 0 atom stereocenters. The van der Waals surface area contributed by atoms with Gasteiger partial charge in [-0.3, -0.25) is 9.59 Å². The Hall–Kier alpha value is -1.84. The maximum absolute atomic E-state index is 12.1. The van der Waals surface area contributed by atoms with Gasteiger partial charge >= 0.3 is 0 Å². The lowest BCUT2D eigenvalue weighted by molar-refractivity contribution is -0.130. The number of aromatic nitrogens is 2. The monoisotopic (exact) mass is 426 g/mol. The lowest BCUT2D eigenvalue weighted by Gasteiger charge is -2.19. The normalized spacial score (nSPS) is 10.5. The van der Waals surface area contributed by atoms with E-state index in [0.29, 0.717) is 24.8 Å². The Labute approximate surface area is 158 Å². The highest BCUT2D eigenvalue weighted by atomic mass is 79.9. The second kappa shape index (κ2) is 9.59. The minimum atomic E-state index is -0.208. The van der Waals surface area contributed by atoms with E-state index in [9.17, 15) is 9.59 Å². The predicted molar refractivity (Wildman–Crippen MR) is 100 cm³/mol. The van der Waals surface area contributed by atoms with Crippen molar-refractivity contribution in [2.45, 2.75) is 13.3 Å². The van der Waals surface area contributed by atoms with E-state index >= 15 is 0 Å². The van der Waals surface area contributed by atoms with Gasteiger partial charge in [0.25, 0.3) is 0 Å². The van der Waals surface area contributed by atoms with Gasteiger partial charge in [-0.25, -0.2) is 0 Å². The molecule has 0 fully saturated rings. The van der Waals surface area contributed by atoms with Crippen molar-refractivity contribution in [1.82, 2.24) is 15.1 Å². The van der Waals surface area contributed by atoms with Gasteiger partial charge in [0.2, 0.25) is 16.9 Å². The van der Waals surface area contributed by atoms with Gasteiger partial charge in [0.1, 0.15) is 5.01 Å². The number of nitrogens with zero attached hydrogens (tertiary/aromatic N) is 3. The largest absolute Gasteiger partial charge is 0.383 e. The first-order valence-electron chi connectivity index (χ1n) is 7.63. The number of methoxy groups -OCH3 is 1. The highest BCUT2D eigenvalue weighted by molar-refractivity contribution is 9.10. The van der Waals surface area contributed by atoms with Gasteiger partial charge in [0.05, 0.1) is 6.61 Å². The SMILES string of the molecule is COCCN(CCC(=O)Nc1nnc(-c2cccc(Br)c2)s1)C(C)=O. The van der Waals surface area contributed by atoms with Crippen LogP contribution in [0.15, 0.2) is 28.7 Å². The molecular formula is C16H19BrN4O3S. The minimum Gasteiger partial charge on any atom is -0.383 e. The van der Waals surface area contributed by atoms with Crippen molar-refractivity contribution in [2.24, 2.45) is 0 Å². The molecule has 1 aromatic carbocycles. The van der Waals surface area contributed by atoms with Gasteiger partial charge in [-0.1, -0.05) is 39.4 Å². The molecule has 0 bridgehead atoms. The quantitative estimate of drug-likeness (QED) is 0.701. The van der Waals surface area contributed by atoms with E-state index in [1.54, 1.807) is 12.0 Å². The molecular weight excluding hydrogens is 408 g/mol. The zero-order valence-electron chi connectivity index (χ0n) is 14.0. The number of ether oxygens (including phenoxy) is 1. The summed E-state index contributed by atoms with van der Waals surface area (Å²) in [6, 6.07) is 7.71. The average molecular weight is 427 g/mol. The third-order valence-electron chi connectivity index (χ3n) is 3.36. The van der Waals surface area contributed by atoms with E-state index in [2.05, 4.69) is 31.4 Å². The van der Waals surface area contributed by atoms with Crippen LogP contribution in [0.3, 0.4) is 0 Å². The van der Waals surface area contributed by atoms with Crippen LogP contribution in [0.4, 0.5) is 5.13 Å². The van der Waals surface area contributed by atoms with E-state index in [1.165, 1.54) is 18.3 Å². The molecule has 1 N–H and O–H groups in total. The predicted octanol–water partition coefficient (Wildman–Crippen LogP) is 2.79. The molecule has 0 unspecified atom stereocenters. The lowest BCUT2D eigenvalue weighted by Crippen LogP contribution is -2.34. The molecule has 0 aliphatic heterocycles. The zero-order chi connectivity index (χ0) is 18.2. The topological polar surface area (TPSA) is 84.4 Å². The molecule has 1 heterocycles. The number of amides is 2. The number of benzene rings is 1. The number of hydrogen-bond donors (Lipinski definition) is 1. The lowest BCUT2D eigenvalue weighted by atomic mass is 10.2. The van der Waals surface area contributed by atoms with Gasteiger partial charge in [0.15, 0.2) is 0 Å². The number of anilines is 1. The fourth-order valence-electron chi connectivity index (χ4n) is 2.06. The Bertz CT molecular complexity index is 738. The molecule has 1 aromatic heterocycles. The summed E-state index contributed by atoms with van der Waals surface area (Å²) in [4.78, 5) is 25.2. The Morgan fingerprint density at radius 3 is 2.80 bits per heavy atom. The van der Waals surface area contributed by atoms with Crippen LogP contribution in [-0.4, -0.2) is 53.7 Å². The first-order chi connectivity index (χ1) is 12.0. The average Bonchev–Trinajstić information content (AvgIpc) is 3.03. The Morgan fingerprint density at radius 1 is 1.32 bits per heavy atom. The minimum absolute atomic E-state index is 0.0855. The van der Waals surface area contributed by atoms with E-state index in [0.717, 1.165) is 15.0 Å².